The van der Waals surface area contributed by atoms with Crippen molar-refractivity contribution in [3.05, 3.63) is 64.1 Å². The van der Waals surface area contributed by atoms with E-state index in [2.05, 4.69) is 26.6 Å². The van der Waals surface area contributed by atoms with Gasteiger partial charge in [0.05, 0.1) is 6.54 Å². The van der Waals surface area contributed by atoms with E-state index in [4.69, 9.17) is 0 Å². The summed E-state index contributed by atoms with van der Waals surface area (Å²) >= 11 is 3.38. The molecular formula is C19H21BrN2O2. The van der Waals surface area contributed by atoms with Gasteiger partial charge >= 0.3 is 0 Å². The molecule has 0 spiro atoms. The SMILES string of the molecule is Cc1cc(Br)ccc1NC(=O)CNC(=O)CCCc1ccccc1. The third kappa shape index (κ3) is 6.16. The van der Waals surface area contributed by atoms with Crippen molar-refractivity contribution < 1.29 is 9.59 Å². The number of carbonyl (C=O) groups is 2. The van der Waals surface area contributed by atoms with Crippen LogP contribution in [0.3, 0.4) is 0 Å². The standard InChI is InChI=1S/C19H21BrN2O2/c1-14-12-16(20)10-11-17(14)22-19(24)13-21-18(23)9-5-8-15-6-3-2-4-7-15/h2-4,6-7,10-12H,5,8-9,13H2,1H3,(H,21,23)(H,22,24). The zero-order chi connectivity index (χ0) is 17.4. The monoisotopic (exact) mass is 388 g/mol. The van der Waals surface area contributed by atoms with E-state index in [-0.39, 0.29) is 18.4 Å². The molecule has 2 N–H and O–H groups in total. The number of rotatable bonds is 7. The highest BCUT2D eigenvalue weighted by molar-refractivity contribution is 9.10. The fourth-order valence-electron chi connectivity index (χ4n) is 2.33. The summed E-state index contributed by atoms with van der Waals surface area (Å²) < 4.78 is 0.963. The van der Waals surface area contributed by atoms with Crippen LogP contribution in [-0.4, -0.2) is 18.4 Å². The number of hydrogen-bond donors (Lipinski definition) is 2. The molecule has 0 fully saturated rings. The van der Waals surface area contributed by atoms with Crippen LogP contribution in [0.2, 0.25) is 0 Å². The van der Waals surface area contributed by atoms with Gasteiger partial charge in [0.25, 0.3) is 0 Å². The average Bonchev–Trinajstić information content (AvgIpc) is 2.56. The molecule has 2 rings (SSSR count). The number of aryl methyl sites for hydroxylation is 2. The largest absolute Gasteiger partial charge is 0.347 e. The van der Waals surface area contributed by atoms with Crippen LogP contribution >= 0.6 is 15.9 Å². The second-order valence-electron chi connectivity index (χ2n) is 5.62. The Morgan fingerprint density at radius 1 is 1.04 bits per heavy atom. The minimum atomic E-state index is -0.225. The van der Waals surface area contributed by atoms with Crippen LogP contribution in [0.25, 0.3) is 0 Å². The van der Waals surface area contributed by atoms with E-state index in [9.17, 15) is 9.59 Å². The van der Waals surface area contributed by atoms with Gasteiger partial charge in [-0.1, -0.05) is 46.3 Å². The molecule has 0 saturated carbocycles. The normalized spacial score (nSPS) is 10.2. The van der Waals surface area contributed by atoms with Crippen LogP contribution < -0.4 is 10.6 Å². The third-order valence-electron chi connectivity index (χ3n) is 3.62. The van der Waals surface area contributed by atoms with Crippen molar-refractivity contribution in [2.24, 2.45) is 0 Å². The quantitative estimate of drug-likeness (QED) is 0.756. The van der Waals surface area contributed by atoms with Gasteiger partial charge in [-0.3, -0.25) is 9.59 Å². The number of nitrogens with one attached hydrogen (secondary N) is 2. The summed E-state index contributed by atoms with van der Waals surface area (Å²) in [5.74, 6) is -0.328. The van der Waals surface area contributed by atoms with E-state index in [1.54, 1.807) is 0 Å². The predicted molar refractivity (Wildman–Crippen MR) is 99.9 cm³/mol. The predicted octanol–water partition coefficient (Wildman–Crippen LogP) is 3.84. The third-order valence-corrected chi connectivity index (χ3v) is 4.11. The van der Waals surface area contributed by atoms with Crippen molar-refractivity contribution >= 4 is 33.4 Å². The van der Waals surface area contributed by atoms with Crippen LogP contribution in [-0.2, 0) is 16.0 Å². The van der Waals surface area contributed by atoms with Gasteiger partial charge in [-0.15, -0.1) is 0 Å². The number of anilines is 1. The molecule has 0 aliphatic rings. The summed E-state index contributed by atoms with van der Waals surface area (Å²) in [4.78, 5) is 23.7. The Bertz CT molecular complexity index is 702. The Hall–Kier alpha value is -2.14. The maximum absolute atomic E-state index is 11.9. The number of carbonyl (C=O) groups excluding carboxylic acids is 2. The Labute approximate surface area is 150 Å². The lowest BCUT2D eigenvalue weighted by molar-refractivity contribution is -0.124. The Balaban J connectivity index is 1.68. The summed E-state index contributed by atoms with van der Waals surface area (Å²) in [5, 5.41) is 5.46. The second kappa shape index (κ2) is 9.23. The molecule has 2 amide bonds. The minimum Gasteiger partial charge on any atom is -0.347 e. The average molecular weight is 389 g/mol. The lowest BCUT2D eigenvalue weighted by Gasteiger charge is -2.09. The first kappa shape index (κ1) is 18.2. The number of amides is 2. The highest BCUT2D eigenvalue weighted by atomic mass is 79.9. The Kier molecular flexibility index (Phi) is 7.00. The molecule has 4 nitrogen and oxygen atoms in total. The summed E-state index contributed by atoms with van der Waals surface area (Å²) in [5.41, 5.74) is 2.93. The van der Waals surface area contributed by atoms with E-state index >= 15 is 0 Å². The van der Waals surface area contributed by atoms with Gasteiger partial charge in [-0.2, -0.15) is 0 Å². The highest BCUT2D eigenvalue weighted by Gasteiger charge is 2.07. The van der Waals surface area contributed by atoms with E-state index < -0.39 is 0 Å². The summed E-state index contributed by atoms with van der Waals surface area (Å²) in [6.45, 7) is 1.90. The van der Waals surface area contributed by atoms with E-state index in [0.717, 1.165) is 28.6 Å². The van der Waals surface area contributed by atoms with Crippen LogP contribution in [0.1, 0.15) is 24.0 Å². The Morgan fingerprint density at radius 3 is 2.50 bits per heavy atom. The van der Waals surface area contributed by atoms with Crippen molar-refractivity contribution in [1.29, 1.82) is 0 Å². The van der Waals surface area contributed by atoms with Crippen LogP contribution in [0.15, 0.2) is 53.0 Å². The maximum atomic E-state index is 11.9. The van der Waals surface area contributed by atoms with Crippen molar-refractivity contribution in [1.82, 2.24) is 5.32 Å². The fourth-order valence-corrected chi connectivity index (χ4v) is 2.80. The molecule has 24 heavy (non-hydrogen) atoms. The van der Waals surface area contributed by atoms with Gasteiger partial charge in [0.1, 0.15) is 0 Å². The zero-order valence-electron chi connectivity index (χ0n) is 13.6. The lowest BCUT2D eigenvalue weighted by Crippen LogP contribution is -2.32. The van der Waals surface area contributed by atoms with E-state index in [1.807, 2.05) is 55.5 Å². The van der Waals surface area contributed by atoms with Crippen LogP contribution in [0.5, 0.6) is 0 Å². The summed E-state index contributed by atoms with van der Waals surface area (Å²) in [6.07, 6.45) is 2.04. The van der Waals surface area contributed by atoms with Gasteiger partial charge in [0, 0.05) is 16.6 Å². The van der Waals surface area contributed by atoms with Gasteiger partial charge in [0.15, 0.2) is 0 Å². The number of hydrogen-bond acceptors (Lipinski definition) is 2. The molecule has 2 aromatic carbocycles. The summed E-state index contributed by atoms with van der Waals surface area (Å²) in [7, 11) is 0. The molecule has 0 bridgehead atoms. The van der Waals surface area contributed by atoms with Crippen molar-refractivity contribution in [2.45, 2.75) is 26.2 Å². The molecule has 0 radical (unpaired) electrons. The molecular weight excluding hydrogens is 368 g/mol. The molecule has 0 aliphatic heterocycles. The summed E-state index contributed by atoms with van der Waals surface area (Å²) in [6, 6.07) is 15.7. The zero-order valence-corrected chi connectivity index (χ0v) is 15.2. The Morgan fingerprint density at radius 2 is 1.79 bits per heavy atom. The molecule has 5 heteroatoms. The molecule has 126 valence electrons. The molecule has 0 heterocycles. The van der Waals surface area contributed by atoms with Gasteiger partial charge in [-0.05, 0) is 49.1 Å². The molecule has 2 aromatic rings. The fraction of sp³-hybridized carbons (Fsp3) is 0.263. The number of halogens is 1. The van der Waals surface area contributed by atoms with Crippen molar-refractivity contribution in [3.63, 3.8) is 0 Å². The highest BCUT2D eigenvalue weighted by Crippen LogP contribution is 2.19. The van der Waals surface area contributed by atoms with Gasteiger partial charge < -0.3 is 10.6 Å². The van der Waals surface area contributed by atoms with Gasteiger partial charge in [-0.25, -0.2) is 0 Å². The molecule has 0 atom stereocenters. The molecule has 0 saturated heterocycles. The van der Waals surface area contributed by atoms with E-state index in [1.165, 1.54) is 5.56 Å². The first-order chi connectivity index (χ1) is 11.5. The first-order valence-corrected chi connectivity index (χ1v) is 8.70. The van der Waals surface area contributed by atoms with E-state index in [0.29, 0.717) is 6.42 Å². The smallest absolute Gasteiger partial charge is 0.243 e. The maximum Gasteiger partial charge on any atom is 0.243 e. The lowest BCUT2D eigenvalue weighted by atomic mass is 10.1. The molecule has 0 aromatic heterocycles. The van der Waals surface area contributed by atoms with Crippen LogP contribution in [0.4, 0.5) is 5.69 Å². The topological polar surface area (TPSA) is 58.2 Å². The van der Waals surface area contributed by atoms with Crippen molar-refractivity contribution in [3.8, 4) is 0 Å². The second-order valence-corrected chi connectivity index (χ2v) is 6.54. The first-order valence-electron chi connectivity index (χ1n) is 7.91. The molecule has 0 unspecified atom stereocenters. The number of benzene rings is 2. The van der Waals surface area contributed by atoms with Gasteiger partial charge in [0.2, 0.25) is 11.8 Å². The molecule has 0 aliphatic carbocycles. The van der Waals surface area contributed by atoms with Crippen LogP contribution in [0, 0.1) is 6.92 Å². The minimum absolute atomic E-state index is 0.0142. The van der Waals surface area contributed by atoms with Crippen molar-refractivity contribution in [2.75, 3.05) is 11.9 Å².